The minimum Gasteiger partial charge on any atom is -0.345 e. The van der Waals surface area contributed by atoms with Crippen molar-refractivity contribution in [3.05, 3.63) is 67.5 Å². The average molecular weight is 448 g/mol. The van der Waals surface area contributed by atoms with Crippen molar-refractivity contribution in [3.8, 4) is 0 Å². The highest BCUT2D eigenvalue weighted by atomic mass is 127. The number of nitrogens with one attached hydrogen (secondary N) is 1. The van der Waals surface area contributed by atoms with E-state index in [2.05, 4.69) is 43.8 Å². The topological polar surface area (TPSA) is 29.1 Å². The van der Waals surface area contributed by atoms with Crippen LogP contribution in [0.1, 0.15) is 28.9 Å². The van der Waals surface area contributed by atoms with Gasteiger partial charge in [0.2, 0.25) is 0 Å². The van der Waals surface area contributed by atoms with Crippen LogP contribution in [0.5, 0.6) is 0 Å². The SMILES string of the molecule is CC(NC(=O)c1cc(Br)ccc1I)c1cccc(F)c1. The van der Waals surface area contributed by atoms with E-state index in [1.807, 2.05) is 19.1 Å². The summed E-state index contributed by atoms with van der Waals surface area (Å²) >= 11 is 5.47. The van der Waals surface area contributed by atoms with E-state index >= 15 is 0 Å². The van der Waals surface area contributed by atoms with E-state index in [-0.39, 0.29) is 17.8 Å². The zero-order valence-electron chi connectivity index (χ0n) is 10.7. The Balaban J connectivity index is 2.17. The normalized spacial score (nSPS) is 12.0. The fraction of sp³-hybridized carbons (Fsp3) is 0.133. The second-order valence-electron chi connectivity index (χ2n) is 4.37. The molecule has 2 nitrogen and oxygen atoms in total. The molecule has 0 spiro atoms. The molecule has 0 bridgehead atoms. The lowest BCUT2D eigenvalue weighted by atomic mass is 10.1. The molecule has 2 aromatic carbocycles. The highest BCUT2D eigenvalue weighted by molar-refractivity contribution is 14.1. The minimum absolute atomic E-state index is 0.174. The first kappa shape index (κ1) is 15.4. The number of carbonyl (C=O) groups excluding carboxylic acids is 1. The Hall–Kier alpha value is -0.950. The van der Waals surface area contributed by atoms with Gasteiger partial charge >= 0.3 is 0 Å². The number of halogens is 3. The van der Waals surface area contributed by atoms with Crippen molar-refractivity contribution in [2.45, 2.75) is 13.0 Å². The molecule has 1 amide bonds. The van der Waals surface area contributed by atoms with Crippen LogP contribution in [0.3, 0.4) is 0 Å². The maximum absolute atomic E-state index is 13.2. The first-order chi connectivity index (χ1) is 9.47. The Labute approximate surface area is 139 Å². The van der Waals surface area contributed by atoms with Gasteiger partial charge in [-0.15, -0.1) is 0 Å². The van der Waals surface area contributed by atoms with Crippen molar-refractivity contribution in [2.75, 3.05) is 0 Å². The highest BCUT2D eigenvalue weighted by Crippen LogP contribution is 2.20. The fourth-order valence-electron chi connectivity index (χ4n) is 1.81. The summed E-state index contributed by atoms with van der Waals surface area (Å²) in [6.07, 6.45) is 0. The monoisotopic (exact) mass is 447 g/mol. The van der Waals surface area contributed by atoms with Gasteiger partial charge in [-0.3, -0.25) is 4.79 Å². The first-order valence-corrected chi connectivity index (χ1v) is 7.86. The molecule has 0 radical (unpaired) electrons. The Kier molecular flexibility index (Phi) is 5.15. The second kappa shape index (κ2) is 6.67. The number of amides is 1. The van der Waals surface area contributed by atoms with Crippen LogP contribution in [0.4, 0.5) is 4.39 Å². The van der Waals surface area contributed by atoms with Crippen LogP contribution in [0.2, 0.25) is 0 Å². The Bertz CT molecular complexity index is 648. The van der Waals surface area contributed by atoms with Gasteiger partial charge in [0.05, 0.1) is 11.6 Å². The zero-order valence-corrected chi connectivity index (χ0v) is 14.4. The molecular weight excluding hydrogens is 436 g/mol. The highest BCUT2D eigenvalue weighted by Gasteiger charge is 2.14. The van der Waals surface area contributed by atoms with Crippen LogP contribution in [0.25, 0.3) is 0 Å². The molecule has 0 aliphatic heterocycles. The number of benzene rings is 2. The summed E-state index contributed by atoms with van der Waals surface area (Å²) in [6.45, 7) is 1.83. The van der Waals surface area contributed by atoms with Crippen molar-refractivity contribution in [1.29, 1.82) is 0 Å². The third-order valence-corrected chi connectivity index (χ3v) is 4.30. The lowest BCUT2D eigenvalue weighted by molar-refractivity contribution is 0.0939. The Morgan fingerprint density at radius 2 is 2.05 bits per heavy atom. The van der Waals surface area contributed by atoms with Crippen molar-refractivity contribution in [2.24, 2.45) is 0 Å². The average Bonchev–Trinajstić information content (AvgIpc) is 2.41. The first-order valence-electron chi connectivity index (χ1n) is 5.99. The summed E-state index contributed by atoms with van der Waals surface area (Å²) in [6, 6.07) is 11.5. The molecule has 0 saturated carbocycles. The van der Waals surface area contributed by atoms with Crippen molar-refractivity contribution in [3.63, 3.8) is 0 Å². The predicted molar refractivity (Wildman–Crippen MR) is 89.1 cm³/mol. The second-order valence-corrected chi connectivity index (χ2v) is 6.45. The summed E-state index contributed by atoms with van der Waals surface area (Å²) in [5, 5.41) is 2.88. The summed E-state index contributed by atoms with van der Waals surface area (Å²) in [7, 11) is 0. The maximum atomic E-state index is 13.2. The van der Waals surface area contributed by atoms with Gasteiger partial charge in [0.15, 0.2) is 0 Å². The molecule has 2 rings (SSSR count). The molecule has 0 saturated heterocycles. The van der Waals surface area contributed by atoms with Gasteiger partial charge in [-0.05, 0) is 65.4 Å². The molecule has 0 aromatic heterocycles. The van der Waals surface area contributed by atoms with Crippen molar-refractivity contribution >= 4 is 44.4 Å². The zero-order chi connectivity index (χ0) is 14.7. The molecule has 2 aromatic rings. The van der Waals surface area contributed by atoms with Gasteiger partial charge in [0.1, 0.15) is 5.82 Å². The van der Waals surface area contributed by atoms with Gasteiger partial charge < -0.3 is 5.32 Å². The number of rotatable bonds is 3. The molecule has 1 unspecified atom stereocenters. The maximum Gasteiger partial charge on any atom is 0.252 e. The minimum atomic E-state index is -0.305. The van der Waals surface area contributed by atoms with Gasteiger partial charge in [0, 0.05) is 8.04 Å². The number of carbonyl (C=O) groups is 1. The van der Waals surface area contributed by atoms with Crippen LogP contribution in [0.15, 0.2) is 46.9 Å². The summed E-state index contributed by atoms with van der Waals surface area (Å²) < 4.78 is 14.9. The van der Waals surface area contributed by atoms with E-state index in [1.165, 1.54) is 12.1 Å². The standard InChI is InChI=1S/C15H12BrFINO/c1-9(10-3-2-4-12(17)7-10)19-15(20)13-8-11(16)5-6-14(13)18/h2-9H,1H3,(H,19,20). The van der Waals surface area contributed by atoms with E-state index in [0.717, 1.165) is 13.6 Å². The number of hydrogen-bond donors (Lipinski definition) is 1. The summed E-state index contributed by atoms with van der Waals surface area (Å²) in [5.74, 6) is -0.479. The molecule has 1 N–H and O–H groups in total. The van der Waals surface area contributed by atoms with E-state index in [1.54, 1.807) is 18.2 Å². The molecule has 20 heavy (non-hydrogen) atoms. The smallest absolute Gasteiger partial charge is 0.252 e. The van der Waals surface area contributed by atoms with Crippen molar-refractivity contribution in [1.82, 2.24) is 5.32 Å². The molecule has 104 valence electrons. The van der Waals surface area contributed by atoms with E-state index in [9.17, 15) is 9.18 Å². The predicted octanol–water partition coefficient (Wildman–Crippen LogP) is 4.68. The van der Waals surface area contributed by atoms with Crippen LogP contribution < -0.4 is 5.32 Å². The molecule has 5 heteroatoms. The third kappa shape index (κ3) is 3.79. The van der Waals surface area contributed by atoms with Gasteiger partial charge in [-0.25, -0.2) is 4.39 Å². The largest absolute Gasteiger partial charge is 0.345 e. The van der Waals surface area contributed by atoms with Gasteiger partial charge in [-0.1, -0.05) is 28.1 Å². The fourth-order valence-corrected chi connectivity index (χ4v) is 2.75. The Morgan fingerprint density at radius 3 is 2.75 bits per heavy atom. The Morgan fingerprint density at radius 1 is 1.30 bits per heavy atom. The van der Waals surface area contributed by atoms with Crippen LogP contribution in [-0.4, -0.2) is 5.91 Å². The lowest BCUT2D eigenvalue weighted by Crippen LogP contribution is -2.27. The van der Waals surface area contributed by atoms with Crippen LogP contribution >= 0.6 is 38.5 Å². The van der Waals surface area contributed by atoms with Crippen molar-refractivity contribution < 1.29 is 9.18 Å². The van der Waals surface area contributed by atoms with Crippen LogP contribution in [-0.2, 0) is 0 Å². The molecular formula is C15H12BrFINO. The van der Waals surface area contributed by atoms with Crippen LogP contribution in [0, 0.1) is 9.39 Å². The molecule has 0 aliphatic rings. The molecule has 0 fully saturated rings. The molecule has 1 atom stereocenters. The molecule has 0 aliphatic carbocycles. The lowest BCUT2D eigenvalue weighted by Gasteiger charge is -2.15. The molecule has 0 heterocycles. The van der Waals surface area contributed by atoms with E-state index in [0.29, 0.717) is 5.56 Å². The van der Waals surface area contributed by atoms with E-state index < -0.39 is 0 Å². The van der Waals surface area contributed by atoms with E-state index in [4.69, 9.17) is 0 Å². The van der Waals surface area contributed by atoms with Gasteiger partial charge in [0.25, 0.3) is 5.91 Å². The number of hydrogen-bond acceptors (Lipinski definition) is 1. The third-order valence-electron chi connectivity index (χ3n) is 2.87. The summed E-state index contributed by atoms with van der Waals surface area (Å²) in [4.78, 5) is 12.3. The quantitative estimate of drug-likeness (QED) is 0.680. The van der Waals surface area contributed by atoms with Gasteiger partial charge in [-0.2, -0.15) is 0 Å². The summed E-state index contributed by atoms with van der Waals surface area (Å²) in [5.41, 5.74) is 1.34.